The number of rotatable bonds is 9. The predicted molar refractivity (Wildman–Crippen MR) is 139 cm³/mol. The Labute approximate surface area is 206 Å². The summed E-state index contributed by atoms with van der Waals surface area (Å²) in [6.45, 7) is 13.3. The topological polar surface area (TPSA) is 114 Å². The monoisotopic (exact) mass is 485 g/mol. The Morgan fingerprint density at radius 3 is 2.37 bits per heavy atom. The lowest BCUT2D eigenvalue weighted by atomic mass is 10.1. The summed E-state index contributed by atoms with van der Waals surface area (Å²) in [5.41, 5.74) is 6.68. The van der Waals surface area contributed by atoms with Gasteiger partial charge in [0.2, 0.25) is 0 Å². The van der Waals surface area contributed by atoms with Gasteiger partial charge in [-0.2, -0.15) is 0 Å². The van der Waals surface area contributed by atoms with Crippen LogP contribution >= 0.6 is 0 Å². The third-order valence-corrected chi connectivity index (χ3v) is 6.11. The maximum absolute atomic E-state index is 13.6. The molecule has 3 rings (SSSR count). The van der Waals surface area contributed by atoms with Crippen molar-refractivity contribution in [1.29, 1.82) is 0 Å². The molecule has 0 bridgehead atoms. The van der Waals surface area contributed by atoms with Crippen molar-refractivity contribution in [2.75, 3.05) is 30.3 Å². The first kappa shape index (κ1) is 26.7. The van der Waals surface area contributed by atoms with Crippen molar-refractivity contribution in [2.45, 2.75) is 72.8 Å². The molecule has 35 heavy (non-hydrogen) atoms. The summed E-state index contributed by atoms with van der Waals surface area (Å²) < 4.78 is 7.15. The number of H-pyrrole nitrogens is 1. The predicted octanol–water partition coefficient (Wildman–Crippen LogP) is 2.83. The Balaban J connectivity index is 1.88. The number of benzene rings is 1. The standard InChI is InChI=1S/C26H39N5O4/c1-6-7-12-30-23(27)22(24(32)28-26(30)34)31(13-17(2)3)25(33)21-10-8-20(9-11-21)16-29-14-18(4)35-19(5)15-29/h8-11,17-19H,6-7,12-16,27H2,1-5H3,(H,28,32,34). The molecule has 2 unspecified atom stereocenters. The number of nitrogen functional groups attached to an aromatic ring is 1. The lowest BCUT2D eigenvalue weighted by Crippen LogP contribution is -2.44. The van der Waals surface area contributed by atoms with E-state index < -0.39 is 11.2 Å². The molecule has 2 aromatic rings. The van der Waals surface area contributed by atoms with Crippen LogP contribution in [0.1, 0.15) is 63.4 Å². The molecule has 0 radical (unpaired) electrons. The Bertz CT molecular complexity index is 1110. The minimum atomic E-state index is -0.651. The summed E-state index contributed by atoms with van der Waals surface area (Å²) in [5, 5.41) is 0. The van der Waals surface area contributed by atoms with Crippen LogP contribution in [0.2, 0.25) is 0 Å². The van der Waals surface area contributed by atoms with E-state index in [4.69, 9.17) is 10.5 Å². The van der Waals surface area contributed by atoms with Crippen molar-refractivity contribution in [2.24, 2.45) is 5.92 Å². The third-order valence-electron chi connectivity index (χ3n) is 6.11. The number of carbonyl (C=O) groups is 1. The molecule has 1 aromatic carbocycles. The summed E-state index contributed by atoms with van der Waals surface area (Å²) in [7, 11) is 0. The number of amides is 1. The van der Waals surface area contributed by atoms with Crippen LogP contribution in [0.15, 0.2) is 33.9 Å². The first-order valence-electron chi connectivity index (χ1n) is 12.5. The molecule has 1 aliphatic heterocycles. The lowest BCUT2D eigenvalue weighted by molar-refractivity contribution is -0.0704. The molecule has 2 atom stereocenters. The van der Waals surface area contributed by atoms with Crippen molar-refractivity contribution < 1.29 is 9.53 Å². The average molecular weight is 486 g/mol. The summed E-state index contributed by atoms with van der Waals surface area (Å²) in [4.78, 5) is 44.9. The van der Waals surface area contributed by atoms with E-state index in [2.05, 4.69) is 23.7 Å². The highest BCUT2D eigenvalue weighted by atomic mass is 16.5. The van der Waals surface area contributed by atoms with Gasteiger partial charge in [0.05, 0.1) is 12.2 Å². The second-order valence-corrected chi connectivity index (χ2v) is 9.96. The molecule has 0 saturated carbocycles. The minimum Gasteiger partial charge on any atom is -0.383 e. The average Bonchev–Trinajstić information content (AvgIpc) is 2.77. The minimum absolute atomic E-state index is 0.0216. The molecule has 9 nitrogen and oxygen atoms in total. The van der Waals surface area contributed by atoms with Crippen LogP contribution in [0.3, 0.4) is 0 Å². The first-order valence-corrected chi connectivity index (χ1v) is 12.5. The van der Waals surface area contributed by atoms with Gasteiger partial charge in [0.15, 0.2) is 5.69 Å². The molecular weight excluding hydrogens is 446 g/mol. The Kier molecular flexibility index (Phi) is 8.91. The number of hydrogen-bond donors (Lipinski definition) is 2. The number of nitrogens with two attached hydrogens (primary N) is 1. The first-order chi connectivity index (χ1) is 16.6. The van der Waals surface area contributed by atoms with Crippen LogP contribution in [0.25, 0.3) is 0 Å². The van der Waals surface area contributed by atoms with E-state index >= 15 is 0 Å². The summed E-state index contributed by atoms with van der Waals surface area (Å²) in [6, 6.07) is 7.47. The second-order valence-electron chi connectivity index (χ2n) is 9.96. The lowest BCUT2D eigenvalue weighted by Gasteiger charge is -2.35. The number of anilines is 2. The number of ether oxygens (including phenoxy) is 1. The highest BCUT2D eigenvalue weighted by Gasteiger charge is 2.26. The molecule has 0 aliphatic carbocycles. The van der Waals surface area contributed by atoms with E-state index in [9.17, 15) is 14.4 Å². The second kappa shape index (κ2) is 11.7. The van der Waals surface area contributed by atoms with Crippen molar-refractivity contribution in [3.63, 3.8) is 0 Å². The molecular formula is C26H39N5O4. The number of carbonyl (C=O) groups excluding carboxylic acids is 1. The fraction of sp³-hybridized carbons (Fsp3) is 0.577. The number of morpholine rings is 1. The van der Waals surface area contributed by atoms with Gasteiger partial charge in [0, 0.05) is 38.3 Å². The van der Waals surface area contributed by atoms with E-state index in [1.165, 1.54) is 9.47 Å². The number of nitrogens with one attached hydrogen (secondary N) is 1. The van der Waals surface area contributed by atoms with Gasteiger partial charge >= 0.3 is 5.69 Å². The summed E-state index contributed by atoms with van der Waals surface area (Å²) in [6.07, 6.45) is 1.97. The zero-order chi connectivity index (χ0) is 25.7. The Hall–Kier alpha value is -2.91. The van der Waals surface area contributed by atoms with Gasteiger partial charge < -0.3 is 15.4 Å². The van der Waals surface area contributed by atoms with E-state index in [-0.39, 0.29) is 35.5 Å². The Morgan fingerprint density at radius 2 is 1.80 bits per heavy atom. The number of unbranched alkanes of at least 4 members (excludes halogenated alkanes) is 1. The van der Waals surface area contributed by atoms with Gasteiger partial charge in [-0.15, -0.1) is 0 Å². The molecule has 1 saturated heterocycles. The quantitative estimate of drug-likeness (QED) is 0.565. The normalized spacial score (nSPS) is 18.7. The van der Waals surface area contributed by atoms with Gasteiger partial charge in [-0.1, -0.05) is 39.3 Å². The van der Waals surface area contributed by atoms with Crippen molar-refractivity contribution in [1.82, 2.24) is 14.5 Å². The molecule has 1 aliphatic rings. The zero-order valence-corrected chi connectivity index (χ0v) is 21.5. The van der Waals surface area contributed by atoms with Crippen LogP contribution in [0.4, 0.5) is 11.5 Å². The number of nitrogens with zero attached hydrogens (tertiary/aromatic N) is 3. The van der Waals surface area contributed by atoms with Crippen molar-refractivity contribution in [3.8, 4) is 0 Å². The highest BCUT2D eigenvalue weighted by Crippen LogP contribution is 2.22. The van der Waals surface area contributed by atoms with Crippen LogP contribution in [0, 0.1) is 5.92 Å². The van der Waals surface area contributed by atoms with Crippen LogP contribution in [-0.2, 0) is 17.8 Å². The van der Waals surface area contributed by atoms with E-state index in [0.717, 1.165) is 38.0 Å². The molecule has 1 aromatic heterocycles. The zero-order valence-electron chi connectivity index (χ0n) is 21.5. The fourth-order valence-electron chi connectivity index (χ4n) is 4.60. The molecule has 1 fully saturated rings. The summed E-state index contributed by atoms with van der Waals surface area (Å²) in [5.74, 6) is -0.219. The number of aromatic nitrogens is 2. The highest BCUT2D eigenvalue weighted by molar-refractivity contribution is 6.07. The van der Waals surface area contributed by atoms with Crippen LogP contribution in [0.5, 0.6) is 0 Å². The van der Waals surface area contributed by atoms with Crippen LogP contribution < -0.4 is 21.9 Å². The van der Waals surface area contributed by atoms with E-state index in [0.29, 0.717) is 18.7 Å². The molecule has 1 amide bonds. The van der Waals surface area contributed by atoms with Crippen LogP contribution in [-0.4, -0.2) is 52.2 Å². The van der Waals surface area contributed by atoms with Crippen molar-refractivity contribution in [3.05, 3.63) is 56.2 Å². The molecule has 0 spiro atoms. The SMILES string of the molecule is CCCCn1c(N)c(N(CC(C)C)C(=O)c2ccc(CN3CC(C)OC(C)C3)cc2)c(=O)[nH]c1=O. The number of aromatic amines is 1. The van der Waals surface area contributed by atoms with Gasteiger partial charge in [-0.05, 0) is 43.9 Å². The van der Waals surface area contributed by atoms with Gasteiger partial charge in [0.25, 0.3) is 11.5 Å². The molecule has 192 valence electrons. The number of hydrogen-bond acceptors (Lipinski definition) is 6. The summed E-state index contributed by atoms with van der Waals surface area (Å²) >= 11 is 0. The third kappa shape index (κ3) is 6.61. The van der Waals surface area contributed by atoms with Gasteiger partial charge in [-0.3, -0.25) is 24.0 Å². The Morgan fingerprint density at radius 1 is 1.17 bits per heavy atom. The molecule has 9 heteroatoms. The van der Waals surface area contributed by atoms with Gasteiger partial charge in [-0.25, -0.2) is 4.79 Å². The fourth-order valence-corrected chi connectivity index (χ4v) is 4.60. The molecule has 3 N–H and O–H groups in total. The van der Waals surface area contributed by atoms with Gasteiger partial charge in [0.1, 0.15) is 5.82 Å². The maximum Gasteiger partial charge on any atom is 0.330 e. The molecule has 2 heterocycles. The largest absolute Gasteiger partial charge is 0.383 e. The van der Waals surface area contributed by atoms with E-state index in [1.54, 1.807) is 12.1 Å². The van der Waals surface area contributed by atoms with Crippen molar-refractivity contribution >= 4 is 17.4 Å². The van der Waals surface area contributed by atoms with E-state index in [1.807, 2.05) is 32.9 Å². The maximum atomic E-state index is 13.6. The smallest absolute Gasteiger partial charge is 0.330 e.